The second-order valence-corrected chi connectivity index (χ2v) is 6.98. The molecule has 4 unspecified atom stereocenters. The van der Waals surface area contributed by atoms with Crippen molar-refractivity contribution in [2.75, 3.05) is 14.2 Å². The summed E-state index contributed by atoms with van der Waals surface area (Å²) in [7, 11) is 3.32. The monoisotopic (exact) mass is 238 g/mol. The Morgan fingerprint density at radius 2 is 1.88 bits per heavy atom. The lowest BCUT2D eigenvalue weighted by Crippen LogP contribution is -2.62. The van der Waals surface area contributed by atoms with Crippen LogP contribution in [0, 0.1) is 16.7 Å². The Labute approximate surface area is 103 Å². The first-order valence-corrected chi connectivity index (χ1v) is 6.59. The molecule has 4 aliphatic carbocycles. The first kappa shape index (κ1) is 11.5. The fourth-order valence-electron chi connectivity index (χ4n) is 5.50. The zero-order valence-corrected chi connectivity index (χ0v) is 11.0. The molecule has 4 saturated carbocycles. The highest BCUT2D eigenvalue weighted by Crippen LogP contribution is 2.67. The van der Waals surface area contributed by atoms with Crippen LogP contribution < -0.4 is 0 Å². The molecule has 3 heteroatoms. The Morgan fingerprint density at radius 3 is 2.47 bits per heavy atom. The molecule has 0 saturated heterocycles. The minimum absolute atomic E-state index is 0.00532. The second kappa shape index (κ2) is 3.25. The van der Waals surface area contributed by atoms with E-state index in [0.717, 1.165) is 32.1 Å². The summed E-state index contributed by atoms with van der Waals surface area (Å²) in [4.78, 5) is 12.2. The number of carbonyl (C=O) groups excluding carboxylic acids is 1. The summed E-state index contributed by atoms with van der Waals surface area (Å²) >= 11 is 0. The van der Waals surface area contributed by atoms with E-state index < -0.39 is 0 Å². The van der Waals surface area contributed by atoms with Gasteiger partial charge < -0.3 is 9.47 Å². The van der Waals surface area contributed by atoms with Gasteiger partial charge in [0.25, 0.3) is 0 Å². The topological polar surface area (TPSA) is 35.5 Å². The Morgan fingerprint density at radius 1 is 1.12 bits per heavy atom. The van der Waals surface area contributed by atoms with E-state index in [2.05, 4.69) is 6.92 Å². The zero-order chi connectivity index (χ0) is 12.3. The molecule has 4 atom stereocenters. The smallest absolute Gasteiger partial charge is 0.311 e. The van der Waals surface area contributed by atoms with Gasteiger partial charge in [-0.05, 0) is 49.9 Å². The third-order valence-electron chi connectivity index (χ3n) is 5.35. The average Bonchev–Trinajstić information content (AvgIpc) is 2.24. The number of hydrogen-bond donors (Lipinski definition) is 0. The van der Waals surface area contributed by atoms with Crippen LogP contribution in [0.1, 0.15) is 45.4 Å². The number of methoxy groups -OCH3 is 2. The van der Waals surface area contributed by atoms with Crippen LogP contribution in [0.2, 0.25) is 0 Å². The molecule has 4 fully saturated rings. The highest BCUT2D eigenvalue weighted by Gasteiger charge is 2.65. The summed E-state index contributed by atoms with van der Waals surface area (Å²) in [5, 5.41) is 0. The molecule has 0 heterocycles. The predicted molar refractivity (Wildman–Crippen MR) is 63.5 cm³/mol. The molecule has 0 spiro atoms. The molecule has 0 radical (unpaired) electrons. The van der Waals surface area contributed by atoms with Crippen LogP contribution in [-0.2, 0) is 14.3 Å². The van der Waals surface area contributed by atoms with Crippen molar-refractivity contribution in [2.24, 2.45) is 16.7 Å². The maximum Gasteiger partial charge on any atom is 0.311 e. The van der Waals surface area contributed by atoms with E-state index in [-0.39, 0.29) is 22.4 Å². The SMILES string of the molecule is COC(=O)C12CC3CC(C)(CC(OC)(C3)C1)C2. The number of carbonyl (C=O) groups is 1. The van der Waals surface area contributed by atoms with Crippen molar-refractivity contribution in [3.8, 4) is 0 Å². The van der Waals surface area contributed by atoms with E-state index in [0.29, 0.717) is 5.92 Å². The third kappa shape index (κ3) is 1.48. The fraction of sp³-hybridized carbons (Fsp3) is 0.929. The molecule has 4 aliphatic rings. The number of esters is 1. The lowest BCUT2D eigenvalue weighted by Gasteiger charge is -2.64. The molecular formula is C14H22O3. The first-order chi connectivity index (χ1) is 7.95. The summed E-state index contributed by atoms with van der Waals surface area (Å²) < 4.78 is 10.9. The molecule has 0 aromatic carbocycles. The van der Waals surface area contributed by atoms with Gasteiger partial charge in [-0.25, -0.2) is 0 Å². The van der Waals surface area contributed by atoms with Crippen molar-refractivity contribution in [2.45, 2.75) is 51.0 Å². The van der Waals surface area contributed by atoms with Crippen LogP contribution in [0.4, 0.5) is 0 Å². The van der Waals surface area contributed by atoms with Crippen molar-refractivity contribution in [3.63, 3.8) is 0 Å². The number of ether oxygens (including phenoxy) is 2. The van der Waals surface area contributed by atoms with Gasteiger partial charge in [0.2, 0.25) is 0 Å². The minimum atomic E-state index is -0.251. The first-order valence-electron chi connectivity index (χ1n) is 6.59. The van der Waals surface area contributed by atoms with Crippen molar-refractivity contribution >= 4 is 5.97 Å². The van der Waals surface area contributed by atoms with Crippen molar-refractivity contribution in [1.29, 1.82) is 0 Å². The van der Waals surface area contributed by atoms with Crippen LogP contribution in [0.5, 0.6) is 0 Å². The third-order valence-corrected chi connectivity index (χ3v) is 5.35. The van der Waals surface area contributed by atoms with Crippen LogP contribution in [0.15, 0.2) is 0 Å². The second-order valence-electron chi connectivity index (χ2n) is 6.98. The molecule has 17 heavy (non-hydrogen) atoms. The summed E-state index contributed by atoms with van der Waals surface area (Å²) in [5.41, 5.74) is -0.0229. The van der Waals surface area contributed by atoms with Gasteiger partial charge >= 0.3 is 5.97 Å². The van der Waals surface area contributed by atoms with Gasteiger partial charge in [-0.1, -0.05) is 6.92 Å². The minimum Gasteiger partial charge on any atom is -0.469 e. The van der Waals surface area contributed by atoms with Crippen LogP contribution in [-0.4, -0.2) is 25.8 Å². The fourth-order valence-corrected chi connectivity index (χ4v) is 5.50. The summed E-state index contributed by atoms with van der Waals surface area (Å²) in [6.07, 6.45) is 6.39. The normalized spacial score (nSPS) is 51.6. The van der Waals surface area contributed by atoms with Crippen molar-refractivity contribution in [1.82, 2.24) is 0 Å². The highest BCUT2D eigenvalue weighted by atomic mass is 16.5. The van der Waals surface area contributed by atoms with Gasteiger partial charge in [0.15, 0.2) is 0 Å². The molecule has 4 rings (SSSR count). The maximum absolute atomic E-state index is 12.2. The van der Waals surface area contributed by atoms with Gasteiger partial charge in [0.1, 0.15) is 0 Å². The van der Waals surface area contributed by atoms with Crippen LogP contribution in [0.25, 0.3) is 0 Å². The van der Waals surface area contributed by atoms with Gasteiger partial charge in [-0.15, -0.1) is 0 Å². The lowest BCUT2D eigenvalue weighted by molar-refractivity contribution is -0.219. The van der Waals surface area contributed by atoms with Crippen LogP contribution >= 0.6 is 0 Å². The largest absolute Gasteiger partial charge is 0.469 e. The summed E-state index contributed by atoms with van der Waals surface area (Å²) in [6, 6.07) is 0. The van der Waals surface area contributed by atoms with Crippen molar-refractivity contribution in [3.05, 3.63) is 0 Å². The van der Waals surface area contributed by atoms with E-state index in [1.165, 1.54) is 13.5 Å². The van der Waals surface area contributed by atoms with E-state index in [4.69, 9.17) is 9.47 Å². The molecule has 0 N–H and O–H groups in total. The highest BCUT2D eigenvalue weighted by molar-refractivity contribution is 5.77. The Balaban J connectivity index is 2.01. The number of rotatable bonds is 2. The summed E-state index contributed by atoms with van der Waals surface area (Å²) in [5.74, 6) is 0.643. The zero-order valence-electron chi connectivity index (χ0n) is 11.0. The van der Waals surface area contributed by atoms with Crippen LogP contribution in [0.3, 0.4) is 0 Å². The number of hydrogen-bond acceptors (Lipinski definition) is 3. The predicted octanol–water partition coefficient (Wildman–Crippen LogP) is 2.53. The molecular weight excluding hydrogens is 216 g/mol. The van der Waals surface area contributed by atoms with E-state index in [1.807, 2.05) is 7.11 Å². The standard InChI is InChI=1S/C14H22O3/c1-12-4-10-5-13(7-12,11(15)16-2)9-14(6-10,8-12)17-3/h10H,4-9H2,1-3H3. The Hall–Kier alpha value is -0.570. The Bertz CT molecular complexity index is 366. The lowest BCUT2D eigenvalue weighted by atomic mass is 9.43. The summed E-state index contributed by atoms with van der Waals surface area (Å²) in [6.45, 7) is 2.32. The molecule has 4 bridgehead atoms. The van der Waals surface area contributed by atoms with E-state index in [1.54, 1.807) is 0 Å². The Kier molecular flexibility index (Phi) is 2.20. The van der Waals surface area contributed by atoms with Gasteiger partial charge in [-0.3, -0.25) is 4.79 Å². The maximum atomic E-state index is 12.2. The van der Waals surface area contributed by atoms with Gasteiger partial charge in [0, 0.05) is 7.11 Å². The van der Waals surface area contributed by atoms with E-state index in [9.17, 15) is 4.79 Å². The van der Waals surface area contributed by atoms with Gasteiger partial charge in [-0.2, -0.15) is 0 Å². The molecule has 3 nitrogen and oxygen atoms in total. The molecule has 0 aromatic heterocycles. The molecule has 0 aliphatic heterocycles. The molecule has 0 aromatic rings. The molecule has 96 valence electrons. The van der Waals surface area contributed by atoms with Crippen molar-refractivity contribution < 1.29 is 14.3 Å². The van der Waals surface area contributed by atoms with E-state index >= 15 is 0 Å². The molecule has 0 amide bonds. The average molecular weight is 238 g/mol. The van der Waals surface area contributed by atoms with Gasteiger partial charge in [0.05, 0.1) is 18.1 Å². The quantitative estimate of drug-likeness (QED) is 0.693.